The molecule has 0 N–H and O–H groups in total. The van der Waals surface area contributed by atoms with Crippen molar-refractivity contribution in [2.75, 3.05) is 0 Å². The van der Waals surface area contributed by atoms with Crippen LogP contribution >= 0.6 is 9.24 Å². The highest BCUT2D eigenvalue weighted by Gasteiger charge is 2.46. The van der Waals surface area contributed by atoms with E-state index in [1.807, 2.05) is 0 Å². The lowest BCUT2D eigenvalue weighted by Gasteiger charge is -2.41. The molecule has 0 radical (unpaired) electrons. The van der Waals surface area contributed by atoms with Gasteiger partial charge in [0.25, 0.3) is 0 Å². The molecule has 7 aromatic rings. The van der Waals surface area contributed by atoms with Gasteiger partial charge in [-0.2, -0.15) is 0 Å². The summed E-state index contributed by atoms with van der Waals surface area (Å²) in [6.07, 6.45) is 2.81. The maximum Gasteiger partial charge on any atom is 0.0716 e. The molecule has 7 aromatic carbocycles. The van der Waals surface area contributed by atoms with Gasteiger partial charge < -0.3 is 0 Å². The molecule has 0 nitrogen and oxygen atoms in total. The van der Waals surface area contributed by atoms with Gasteiger partial charge in [0.05, 0.1) is 5.41 Å². The summed E-state index contributed by atoms with van der Waals surface area (Å²) in [5.74, 6) is 0. The molecular formula is C46H33P. The van der Waals surface area contributed by atoms with Crippen molar-refractivity contribution in [3.8, 4) is 33.4 Å². The van der Waals surface area contributed by atoms with Gasteiger partial charge in [0.1, 0.15) is 0 Å². The summed E-state index contributed by atoms with van der Waals surface area (Å²) in [6.45, 7) is 0. The van der Waals surface area contributed by atoms with Crippen molar-refractivity contribution in [1.82, 2.24) is 0 Å². The van der Waals surface area contributed by atoms with Crippen LogP contribution in [0.15, 0.2) is 152 Å². The van der Waals surface area contributed by atoms with Crippen molar-refractivity contribution in [2.45, 2.75) is 24.7 Å². The molecule has 3 aliphatic rings. The first kappa shape index (κ1) is 27.1. The first-order valence-electron chi connectivity index (χ1n) is 16.7. The summed E-state index contributed by atoms with van der Waals surface area (Å²) in [6, 6.07) is 57.4. The van der Waals surface area contributed by atoms with E-state index in [1.54, 1.807) is 0 Å². The normalized spacial score (nSPS) is 13.4. The van der Waals surface area contributed by atoms with Gasteiger partial charge in [-0.05, 0) is 114 Å². The van der Waals surface area contributed by atoms with E-state index >= 15 is 0 Å². The van der Waals surface area contributed by atoms with Crippen LogP contribution in [-0.2, 0) is 24.7 Å². The largest absolute Gasteiger partial charge is 0.105 e. The van der Waals surface area contributed by atoms with Crippen molar-refractivity contribution < 1.29 is 0 Å². The Kier molecular flexibility index (Phi) is 5.91. The van der Waals surface area contributed by atoms with Crippen molar-refractivity contribution in [1.29, 1.82) is 0 Å². The zero-order valence-corrected chi connectivity index (χ0v) is 27.3. The number of rotatable bonds is 4. The van der Waals surface area contributed by atoms with Crippen molar-refractivity contribution >= 4 is 14.5 Å². The molecular weight excluding hydrogens is 583 g/mol. The smallest absolute Gasteiger partial charge is 0.0716 e. The molecule has 0 spiro atoms. The lowest BCUT2D eigenvalue weighted by molar-refractivity contribution is 0.725. The maximum absolute atomic E-state index is 3.13. The summed E-state index contributed by atoms with van der Waals surface area (Å²) < 4.78 is 0. The van der Waals surface area contributed by atoms with E-state index in [0.717, 1.165) is 19.3 Å². The van der Waals surface area contributed by atoms with Crippen LogP contribution in [0.3, 0.4) is 0 Å². The summed E-state index contributed by atoms with van der Waals surface area (Å²) in [5, 5.41) is 1.24. The lowest BCUT2D eigenvalue weighted by atomic mass is 9.61. The van der Waals surface area contributed by atoms with Crippen molar-refractivity contribution in [3.63, 3.8) is 0 Å². The lowest BCUT2D eigenvalue weighted by Crippen LogP contribution is -2.37. The van der Waals surface area contributed by atoms with Crippen molar-refractivity contribution in [3.05, 3.63) is 207 Å². The van der Waals surface area contributed by atoms with E-state index in [9.17, 15) is 0 Å². The molecule has 0 saturated heterocycles. The molecule has 222 valence electrons. The van der Waals surface area contributed by atoms with Gasteiger partial charge >= 0.3 is 0 Å². The van der Waals surface area contributed by atoms with Gasteiger partial charge in [-0.3, -0.25) is 0 Å². The third-order valence-electron chi connectivity index (χ3n) is 11.1. The Bertz CT molecular complexity index is 2180. The topological polar surface area (TPSA) is 0 Å². The van der Waals surface area contributed by atoms with Crippen LogP contribution in [0, 0.1) is 0 Å². The Morgan fingerprint density at radius 1 is 0.319 bits per heavy atom. The van der Waals surface area contributed by atoms with Crippen LogP contribution < -0.4 is 5.30 Å². The van der Waals surface area contributed by atoms with Gasteiger partial charge in [-0.1, -0.05) is 152 Å². The third-order valence-corrected chi connectivity index (χ3v) is 11.6. The molecule has 0 heterocycles. The summed E-state index contributed by atoms with van der Waals surface area (Å²) in [4.78, 5) is 0. The third kappa shape index (κ3) is 3.74. The van der Waals surface area contributed by atoms with Crippen LogP contribution in [0.4, 0.5) is 0 Å². The number of hydrogen-bond acceptors (Lipinski definition) is 0. The van der Waals surface area contributed by atoms with Crippen LogP contribution in [0.1, 0.15) is 55.6 Å². The average molecular weight is 617 g/mol. The first-order chi connectivity index (χ1) is 23.2. The first-order valence-corrected chi connectivity index (χ1v) is 17.3. The van der Waals surface area contributed by atoms with Gasteiger partial charge in [-0.25, -0.2) is 0 Å². The highest BCUT2D eigenvalue weighted by molar-refractivity contribution is 7.27. The quantitative estimate of drug-likeness (QED) is 0.136. The zero-order chi connectivity index (χ0) is 31.1. The second-order valence-corrected chi connectivity index (χ2v) is 14.0. The monoisotopic (exact) mass is 616 g/mol. The van der Waals surface area contributed by atoms with Crippen LogP contribution in [0.5, 0.6) is 0 Å². The van der Waals surface area contributed by atoms with Gasteiger partial charge in [-0.15, -0.1) is 9.24 Å². The predicted molar refractivity (Wildman–Crippen MR) is 199 cm³/mol. The molecule has 3 aliphatic carbocycles. The minimum absolute atomic E-state index is 0.549. The highest BCUT2D eigenvalue weighted by atomic mass is 31.0. The predicted octanol–water partition coefficient (Wildman–Crippen LogP) is 10.3. The van der Waals surface area contributed by atoms with E-state index in [1.165, 1.54) is 94.3 Å². The Morgan fingerprint density at radius 3 is 1.04 bits per heavy atom. The number of fused-ring (bicyclic) bond motifs is 9. The highest BCUT2D eigenvalue weighted by Crippen LogP contribution is 2.56. The van der Waals surface area contributed by atoms with E-state index in [0.29, 0.717) is 0 Å². The summed E-state index contributed by atoms with van der Waals surface area (Å²) in [7, 11) is 3.13. The second-order valence-electron chi connectivity index (χ2n) is 13.3. The molecule has 1 atom stereocenters. The molecule has 0 aromatic heterocycles. The fraction of sp³-hybridized carbons (Fsp3) is 0.0870. The summed E-state index contributed by atoms with van der Waals surface area (Å²) in [5.41, 5.74) is 21.8. The summed E-state index contributed by atoms with van der Waals surface area (Å²) >= 11 is 0. The Labute approximate surface area is 279 Å². The van der Waals surface area contributed by atoms with Gasteiger partial charge in [0, 0.05) is 0 Å². The Balaban J connectivity index is 1.38. The van der Waals surface area contributed by atoms with Crippen LogP contribution in [-0.4, -0.2) is 0 Å². The number of hydrogen-bond donors (Lipinski definition) is 0. The van der Waals surface area contributed by atoms with E-state index in [2.05, 4.69) is 161 Å². The van der Waals surface area contributed by atoms with E-state index < -0.39 is 5.41 Å². The molecule has 1 unspecified atom stereocenters. The Morgan fingerprint density at radius 2 is 0.638 bits per heavy atom. The molecule has 0 amide bonds. The Hall–Kier alpha value is -5.03. The average Bonchev–Trinajstić information content (AvgIpc) is 3.81. The number of benzene rings is 7. The molecule has 1 heteroatoms. The second kappa shape index (κ2) is 10.2. The fourth-order valence-corrected chi connectivity index (χ4v) is 9.66. The minimum atomic E-state index is -0.549. The zero-order valence-electron chi connectivity index (χ0n) is 26.1. The minimum Gasteiger partial charge on any atom is -0.105 e. The van der Waals surface area contributed by atoms with Gasteiger partial charge in [0.15, 0.2) is 0 Å². The van der Waals surface area contributed by atoms with Crippen molar-refractivity contribution in [2.24, 2.45) is 0 Å². The molecule has 0 aliphatic heterocycles. The SMILES string of the molecule is Pc1ccccc1C(c1cccc2c1Cc1ccccc1-2)(c1cccc2c1Cc1ccccc1-2)c1cccc2c1Cc1ccccc1-2. The van der Waals surface area contributed by atoms with Crippen LogP contribution in [0.25, 0.3) is 33.4 Å². The molecule has 47 heavy (non-hydrogen) atoms. The van der Waals surface area contributed by atoms with E-state index in [-0.39, 0.29) is 0 Å². The van der Waals surface area contributed by atoms with E-state index in [4.69, 9.17) is 0 Å². The standard InChI is InChI=1S/C46H33P/c47-45-25-8-7-21-44(45)46(41-22-9-18-35-32-15-4-1-12-29(32)26-38(35)41,42-23-10-19-36-33-16-5-2-13-30(33)27-39(36)42)43-24-11-20-37-34-17-6-3-14-31(34)28-40(37)43/h1-25H,26-28,47H2. The fourth-order valence-electron chi connectivity index (χ4n) is 9.23. The molecule has 10 rings (SSSR count). The van der Waals surface area contributed by atoms with Gasteiger partial charge in [0.2, 0.25) is 0 Å². The van der Waals surface area contributed by atoms with Crippen LogP contribution in [0.2, 0.25) is 0 Å². The molecule has 0 bridgehead atoms. The maximum atomic E-state index is 3.13. The molecule has 0 saturated carbocycles. The molecule has 0 fully saturated rings.